The van der Waals surface area contributed by atoms with Gasteiger partial charge in [0.2, 0.25) is 0 Å². The standard InChI is InChI=1S/C37H46/c1-3-5-7-9-29-12-16-32(17-13-29)34-22-24-37-27-35(23-25-36(37)26-34)33-20-18-31(19-21-33)30-14-10-28(11-15-30)8-6-4-2/h4,12-13,16-21,23,25,27-28,30,34H,2-3,5-11,14-15,22,24,26H2,1H3. The third-order valence-electron chi connectivity index (χ3n) is 9.30. The number of fused-ring (bicyclic) bond motifs is 1. The highest BCUT2D eigenvalue weighted by Crippen LogP contribution is 2.39. The van der Waals surface area contributed by atoms with Crippen LogP contribution in [0.3, 0.4) is 0 Å². The van der Waals surface area contributed by atoms with Crippen molar-refractivity contribution in [1.29, 1.82) is 0 Å². The lowest BCUT2D eigenvalue weighted by molar-refractivity contribution is 0.312. The second-order valence-corrected chi connectivity index (χ2v) is 11.8. The molecule has 3 aromatic carbocycles. The Bertz CT molecular complexity index is 1130. The number of benzene rings is 3. The highest BCUT2D eigenvalue weighted by atomic mass is 14.3. The monoisotopic (exact) mass is 490 g/mol. The van der Waals surface area contributed by atoms with E-state index in [0.29, 0.717) is 5.92 Å². The molecule has 0 aromatic heterocycles. The maximum atomic E-state index is 3.89. The number of allylic oxidation sites excluding steroid dienone is 1. The number of aryl methyl sites for hydroxylation is 2. The minimum Gasteiger partial charge on any atom is -0.103 e. The molecule has 37 heavy (non-hydrogen) atoms. The van der Waals surface area contributed by atoms with Crippen molar-refractivity contribution < 1.29 is 0 Å². The Kier molecular flexibility index (Phi) is 8.98. The molecule has 0 amide bonds. The number of rotatable bonds is 10. The summed E-state index contributed by atoms with van der Waals surface area (Å²) in [5, 5.41) is 0. The van der Waals surface area contributed by atoms with Crippen molar-refractivity contribution in [3.63, 3.8) is 0 Å². The molecule has 0 spiro atoms. The quantitative estimate of drug-likeness (QED) is 0.196. The van der Waals surface area contributed by atoms with Crippen LogP contribution in [0, 0.1) is 5.92 Å². The number of hydrogen-bond acceptors (Lipinski definition) is 0. The summed E-state index contributed by atoms with van der Waals surface area (Å²) in [6.45, 7) is 6.17. The first-order valence-corrected chi connectivity index (χ1v) is 15.2. The van der Waals surface area contributed by atoms with Crippen molar-refractivity contribution >= 4 is 0 Å². The SMILES string of the molecule is C=CCCC1CCC(c2ccc(-c3ccc4c(c3)CCC(c3ccc(CCCCC)cc3)C4)cc2)CC1. The van der Waals surface area contributed by atoms with Gasteiger partial charge in [-0.25, -0.2) is 0 Å². The van der Waals surface area contributed by atoms with Crippen LogP contribution in [-0.2, 0) is 19.3 Å². The van der Waals surface area contributed by atoms with Crippen LogP contribution in [0.2, 0.25) is 0 Å². The van der Waals surface area contributed by atoms with Gasteiger partial charge in [-0.05, 0) is 127 Å². The Morgan fingerprint density at radius 1 is 0.730 bits per heavy atom. The number of hydrogen-bond donors (Lipinski definition) is 0. The summed E-state index contributed by atoms with van der Waals surface area (Å²) < 4.78 is 0. The predicted octanol–water partition coefficient (Wildman–Crippen LogP) is 10.6. The van der Waals surface area contributed by atoms with Crippen LogP contribution in [0.5, 0.6) is 0 Å². The molecule has 0 heteroatoms. The van der Waals surface area contributed by atoms with Gasteiger partial charge < -0.3 is 0 Å². The van der Waals surface area contributed by atoms with Gasteiger partial charge in [-0.3, -0.25) is 0 Å². The lowest BCUT2D eigenvalue weighted by Gasteiger charge is -2.28. The van der Waals surface area contributed by atoms with Crippen molar-refractivity contribution in [2.45, 2.75) is 102 Å². The minimum absolute atomic E-state index is 0.661. The first-order valence-electron chi connectivity index (χ1n) is 15.2. The average Bonchev–Trinajstić information content (AvgIpc) is 2.96. The van der Waals surface area contributed by atoms with E-state index in [9.17, 15) is 0 Å². The Labute approximate surface area is 226 Å². The molecule has 0 N–H and O–H groups in total. The molecule has 5 rings (SSSR count). The van der Waals surface area contributed by atoms with Crippen molar-refractivity contribution in [2.24, 2.45) is 5.92 Å². The molecular weight excluding hydrogens is 444 g/mol. The fraction of sp³-hybridized carbons (Fsp3) is 0.459. The average molecular weight is 491 g/mol. The Balaban J connectivity index is 1.19. The van der Waals surface area contributed by atoms with Crippen molar-refractivity contribution in [3.8, 4) is 11.1 Å². The molecule has 0 nitrogen and oxygen atoms in total. The largest absolute Gasteiger partial charge is 0.103 e. The van der Waals surface area contributed by atoms with E-state index in [4.69, 9.17) is 0 Å². The molecule has 2 aliphatic carbocycles. The lowest BCUT2D eigenvalue weighted by Crippen LogP contribution is -2.13. The van der Waals surface area contributed by atoms with Gasteiger partial charge in [-0.15, -0.1) is 6.58 Å². The fourth-order valence-electron chi connectivity index (χ4n) is 6.84. The summed E-state index contributed by atoms with van der Waals surface area (Å²) >= 11 is 0. The van der Waals surface area contributed by atoms with Crippen LogP contribution in [0.25, 0.3) is 11.1 Å². The second-order valence-electron chi connectivity index (χ2n) is 11.8. The number of unbranched alkanes of at least 4 members (excludes halogenated alkanes) is 2. The van der Waals surface area contributed by atoms with Crippen molar-refractivity contribution in [1.82, 2.24) is 0 Å². The maximum Gasteiger partial charge on any atom is -0.0118 e. The van der Waals surface area contributed by atoms with E-state index in [0.717, 1.165) is 11.8 Å². The Hall–Kier alpha value is -2.60. The lowest BCUT2D eigenvalue weighted by atomic mass is 9.77. The molecule has 1 atom stereocenters. The van der Waals surface area contributed by atoms with Gasteiger partial charge >= 0.3 is 0 Å². The van der Waals surface area contributed by atoms with Crippen LogP contribution in [-0.4, -0.2) is 0 Å². The van der Waals surface area contributed by atoms with Gasteiger partial charge in [0.15, 0.2) is 0 Å². The third-order valence-corrected chi connectivity index (χ3v) is 9.30. The smallest absolute Gasteiger partial charge is 0.0118 e. The maximum absolute atomic E-state index is 3.89. The molecule has 3 aromatic rings. The Morgan fingerprint density at radius 2 is 1.43 bits per heavy atom. The molecule has 0 bridgehead atoms. The minimum atomic E-state index is 0.661. The normalized spacial score (nSPS) is 21.4. The molecule has 0 saturated heterocycles. The van der Waals surface area contributed by atoms with Gasteiger partial charge in [0.25, 0.3) is 0 Å². The predicted molar refractivity (Wildman–Crippen MR) is 160 cm³/mol. The van der Waals surface area contributed by atoms with E-state index in [1.807, 2.05) is 0 Å². The summed E-state index contributed by atoms with van der Waals surface area (Å²) in [5.41, 5.74) is 10.4. The van der Waals surface area contributed by atoms with E-state index >= 15 is 0 Å². The summed E-state index contributed by atoms with van der Waals surface area (Å²) in [7, 11) is 0. The van der Waals surface area contributed by atoms with Crippen LogP contribution in [0.15, 0.2) is 79.4 Å². The van der Waals surface area contributed by atoms with E-state index < -0.39 is 0 Å². The van der Waals surface area contributed by atoms with E-state index in [1.54, 1.807) is 16.7 Å². The second kappa shape index (κ2) is 12.8. The van der Waals surface area contributed by atoms with E-state index in [2.05, 4.69) is 86.3 Å². The molecule has 194 valence electrons. The highest BCUT2D eigenvalue weighted by Gasteiger charge is 2.23. The van der Waals surface area contributed by atoms with Gasteiger partial charge in [-0.2, -0.15) is 0 Å². The first kappa shape index (κ1) is 26.0. The van der Waals surface area contributed by atoms with Crippen LogP contribution in [0.4, 0.5) is 0 Å². The third kappa shape index (κ3) is 6.64. The molecule has 0 radical (unpaired) electrons. The molecular formula is C37H46. The van der Waals surface area contributed by atoms with E-state index in [1.165, 1.54) is 106 Å². The van der Waals surface area contributed by atoms with Gasteiger partial charge in [0.1, 0.15) is 0 Å². The topological polar surface area (TPSA) is 0 Å². The summed E-state index contributed by atoms with van der Waals surface area (Å²) in [6, 6.07) is 26.4. The zero-order valence-electron chi connectivity index (χ0n) is 23.1. The molecule has 1 unspecified atom stereocenters. The van der Waals surface area contributed by atoms with Gasteiger partial charge in [0, 0.05) is 0 Å². The molecule has 1 fully saturated rings. The fourth-order valence-corrected chi connectivity index (χ4v) is 6.84. The zero-order chi connectivity index (χ0) is 25.5. The van der Waals surface area contributed by atoms with Crippen LogP contribution >= 0.6 is 0 Å². The van der Waals surface area contributed by atoms with Crippen LogP contribution < -0.4 is 0 Å². The molecule has 0 aliphatic heterocycles. The highest BCUT2D eigenvalue weighted by molar-refractivity contribution is 5.65. The molecule has 1 saturated carbocycles. The summed E-state index contributed by atoms with van der Waals surface area (Å²) in [4.78, 5) is 0. The van der Waals surface area contributed by atoms with Crippen molar-refractivity contribution in [2.75, 3.05) is 0 Å². The Morgan fingerprint density at radius 3 is 2.16 bits per heavy atom. The molecule has 2 aliphatic rings. The first-order chi connectivity index (χ1) is 18.2. The molecule has 0 heterocycles. The van der Waals surface area contributed by atoms with Gasteiger partial charge in [0.05, 0.1) is 0 Å². The van der Waals surface area contributed by atoms with E-state index in [-0.39, 0.29) is 0 Å². The summed E-state index contributed by atoms with van der Waals surface area (Å²) in [5.74, 6) is 2.33. The zero-order valence-corrected chi connectivity index (χ0v) is 23.1. The summed E-state index contributed by atoms with van der Waals surface area (Å²) in [6.07, 6.45) is 18.9. The van der Waals surface area contributed by atoms with Crippen molar-refractivity contribution in [3.05, 3.63) is 107 Å². The van der Waals surface area contributed by atoms with Crippen LogP contribution in [0.1, 0.15) is 111 Å². The van der Waals surface area contributed by atoms with Gasteiger partial charge in [-0.1, -0.05) is 92.6 Å².